The summed E-state index contributed by atoms with van der Waals surface area (Å²) in [4.78, 5) is 20.2. The number of hydrogen-bond acceptors (Lipinski definition) is 4. The molecule has 0 aliphatic heterocycles. The molecule has 98 valence electrons. The average molecular weight is 279 g/mol. The smallest absolute Gasteiger partial charge is 0.300 e. The molecule has 0 saturated carbocycles. The van der Waals surface area contributed by atoms with Gasteiger partial charge in [-0.15, -0.1) is 0 Å². The summed E-state index contributed by atoms with van der Waals surface area (Å²) in [6.07, 6.45) is -0.264. The summed E-state index contributed by atoms with van der Waals surface area (Å²) in [6.45, 7) is 1.21. The van der Waals surface area contributed by atoms with Crippen LogP contribution in [0.15, 0.2) is 23.1 Å². The second-order valence-electron chi connectivity index (χ2n) is 3.45. The van der Waals surface area contributed by atoms with E-state index in [1.54, 1.807) is 0 Å². The van der Waals surface area contributed by atoms with Crippen molar-refractivity contribution >= 4 is 23.2 Å². The molecule has 1 rings (SSSR count). The van der Waals surface area contributed by atoms with Crippen molar-refractivity contribution in [3.8, 4) is 0 Å². The van der Waals surface area contributed by atoms with E-state index >= 15 is 0 Å². The Hall–Kier alpha value is -1.57. The monoisotopic (exact) mass is 279 g/mol. The van der Waals surface area contributed by atoms with Crippen LogP contribution in [0.5, 0.6) is 0 Å². The molecular formula is C10H8F3NO3S. The van der Waals surface area contributed by atoms with Crippen molar-refractivity contribution in [3.63, 3.8) is 0 Å². The average Bonchev–Trinajstić information content (AvgIpc) is 2.17. The Bertz CT molecular complexity index is 488. The van der Waals surface area contributed by atoms with Gasteiger partial charge in [-0.25, -0.2) is 0 Å². The van der Waals surface area contributed by atoms with Gasteiger partial charge >= 0.3 is 5.51 Å². The molecule has 18 heavy (non-hydrogen) atoms. The number of carbonyl (C=O) groups excluding carboxylic acids is 1. The van der Waals surface area contributed by atoms with Gasteiger partial charge in [0.1, 0.15) is 5.78 Å². The minimum Gasteiger partial charge on any atom is -0.300 e. The van der Waals surface area contributed by atoms with Crippen LogP contribution in [0.3, 0.4) is 0 Å². The van der Waals surface area contributed by atoms with Gasteiger partial charge in [0, 0.05) is 12.5 Å². The van der Waals surface area contributed by atoms with Crippen molar-refractivity contribution in [2.24, 2.45) is 0 Å². The minimum atomic E-state index is -4.64. The van der Waals surface area contributed by atoms with E-state index in [-0.39, 0.29) is 17.8 Å². The van der Waals surface area contributed by atoms with Crippen LogP contribution in [0, 0.1) is 10.1 Å². The largest absolute Gasteiger partial charge is 0.446 e. The lowest BCUT2D eigenvalue weighted by molar-refractivity contribution is -0.387. The number of alkyl halides is 3. The Kier molecular flexibility index (Phi) is 4.33. The van der Waals surface area contributed by atoms with Gasteiger partial charge in [-0.3, -0.25) is 14.9 Å². The van der Waals surface area contributed by atoms with Gasteiger partial charge in [0.2, 0.25) is 0 Å². The van der Waals surface area contributed by atoms with Gasteiger partial charge in [-0.2, -0.15) is 13.2 Å². The third-order valence-electron chi connectivity index (χ3n) is 1.93. The first-order valence-electron chi connectivity index (χ1n) is 4.72. The Morgan fingerprint density at radius 1 is 1.44 bits per heavy atom. The fourth-order valence-electron chi connectivity index (χ4n) is 1.36. The summed E-state index contributed by atoms with van der Waals surface area (Å²) < 4.78 is 37.1. The molecule has 0 unspecified atom stereocenters. The van der Waals surface area contributed by atoms with Crippen molar-refractivity contribution in [2.75, 3.05) is 0 Å². The summed E-state index contributed by atoms with van der Waals surface area (Å²) >= 11 is -0.570. The van der Waals surface area contributed by atoms with Crippen molar-refractivity contribution in [1.29, 1.82) is 0 Å². The zero-order chi connectivity index (χ0) is 13.9. The zero-order valence-electron chi connectivity index (χ0n) is 9.15. The lowest BCUT2D eigenvalue weighted by atomic mass is 10.1. The number of halogens is 3. The predicted octanol–water partition coefficient (Wildman–Crippen LogP) is 3.34. The molecule has 0 bridgehead atoms. The second kappa shape index (κ2) is 5.38. The third-order valence-corrected chi connectivity index (χ3v) is 2.84. The summed E-state index contributed by atoms with van der Waals surface area (Å²) in [5.41, 5.74) is -5.27. The molecule has 0 saturated heterocycles. The Morgan fingerprint density at radius 2 is 2.06 bits per heavy atom. The second-order valence-corrected chi connectivity index (χ2v) is 4.52. The molecule has 0 amide bonds. The molecule has 0 atom stereocenters. The molecule has 0 N–H and O–H groups in total. The van der Waals surface area contributed by atoms with E-state index in [9.17, 15) is 28.1 Å². The number of thioether (sulfide) groups is 1. The number of nitrogens with zero attached hydrogens (tertiary/aromatic N) is 1. The fourth-order valence-corrected chi connectivity index (χ4v) is 2.11. The minimum absolute atomic E-state index is 0.0130. The first-order valence-corrected chi connectivity index (χ1v) is 5.54. The van der Waals surface area contributed by atoms with E-state index in [4.69, 9.17) is 0 Å². The molecule has 4 nitrogen and oxygen atoms in total. The molecule has 0 fully saturated rings. The van der Waals surface area contributed by atoms with Crippen LogP contribution in [0.25, 0.3) is 0 Å². The topological polar surface area (TPSA) is 60.2 Å². The molecular weight excluding hydrogens is 271 g/mol. The lowest BCUT2D eigenvalue weighted by Gasteiger charge is -2.10. The van der Waals surface area contributed by atoms with Crippen molar-refractivity contribution in [3.05, 3.63) is 33.9 Å². The molecule has 8 heteroatoms. The molecule has 0 radical (unpaired) electrons. The van der Waals surface area contributed by atoms with E-state index in [0.717, 1.165) is 6.07 Å². The standard InChI is InChI=1S/C10H8F3NO3S/c1-6(15)5-7-3-2-4-8(14(16)17)9(7)18-10(11,12)13/h2-4H,5H2,1H3. The first kappa shape index (κ1) is 14.5. The van der Waals surface area contributed by atoms with Crippen molar-refractivity contribution in [2.45, 2.75) is 23.7 Å². The number of ketones is 1. The number of carbonyl (C=O) groups is 1. The summed E-state index contributed by atoms with van der Waals surface area (Å²) in [6, 6.07) is 3.52. The maximum atomic E-state index is 12.4. The third kappa shape index (κ3) is 4.02. The highest BCUT2D eigenvalue weighted by molar-refractivity contribution is 8.00. The first-order chi connectivity index (χ1) is 8.20. The van der Waals surface area contributed by atoms with Crippen LogP contribution >= 0.6 is 11.8 Å². The van der Waals surface area contributed by atoms with E-state index in [1.165, 1.54) is 19.1 Å². The molecule has 0 spiro atoms. The Balaban J connectivity index is 3.29. The summed E-state index contributed by atoms with van der Waals surface area (Å²) in [5.74, 6) is -0.362. The summed E-state index contributed by atoms with van der Waals surface area (Å²) in [5, 5.41) is 10.7. The highest BCUT2D eigenvalue weighted by atomic mass is 32.2. The van der Waals surface area contributed by atoms with E-state index in [2.05, 4.69) is 0 Å². The number of hydrogen-bond donors (Lipinski definition) is 0. The van der Waals surface area contributed by atoms with Crippen LogP contribution in [0.2, 0.25) is 0 Å². The number of benzene rings is 1. The maximum absolute atomic E-state index is 12.4. The quantitative estimate of drug-likeness (QED) is 0.482. The van der Waals surface area contributed by atoms with Gasteiger partial charge < -0.3 is 0 Å². The normalized spacial score (nSPS) is 11.3. The van der Waals surface area contributed by atoms with Gasteiger partial charge in [0.25, 0.3) is 5.69 Å². The molecule has 1 aromatic carbocycles. The van der Waals surface area contributed by atoms with Crippen LogP contribution in [0.1, 0.15) is 12.5 Å². The Labute approximate surface area is 104 Å². The Morgan fingerprint density at radius 3 is 2.50 bits per heavy atom. The fraction of sp³-hybridized carbons (Fsp3) is 0.300. The van der Waals surface area contributed by atoms with Crippen LogP contribution in [0.4, 0.5) is 18.9 Å². The van der Waals surface area contributed by atoms with Gasteiger partial charge in [-0.05, 0) is 24.2 Å². The number of nitro groups is 1. The molecule has 0 heterocycles. The number of Topliss-reactive ketones (excluding diaryl/α,β-unsaturated/α-hetero) is 1. The molecule has 0 aliphatic rings. The van der Waals surface area contributed by atoms with Crippen LogP contribution in [-0.2, 0) is 11.2 Å². The maximum Gasteiger partial charge on any atom is 0.446 e. The highest BCUT2D eigenvalue weighted by Gasteiger charge is 2.34. The number of rotatable bonds is 4. The zero-order valence-corrected chi connectivity index (χ0v) is 9.97. The molecule has 0 aliphatic carbocycles. The van der Waals surface area contributed by atoms with Crippen molar-refractivity contribution in [1.82, 2.24) is 0 Å². The van der Waals surface area contributed by atoms with E-state index in [1.807, 2.05) is 0 Å². The van der Waals surface area contributed by atoms with Crippen LogP contribution < -0.4 is 0 Å². The van der Waals surface area contributed by atoms with Crippen molar-refractivity contribution < 1.29 is 22.9 Å². The van der Waals surface area contributed by atoms with Crippen LogP contribution in [-0.4, -0.2) is 16.2 Å². The van der Waals surface area contributed by atoms with E-state index < -0.39 is 32.8 Å². The predicted molar refractivity (Wildman–Crippen MR) is 59.4 cm³/mol. The number of nitro benzene ring substituents is 1. The van der Waals surface area contributed by atoms with E-state index in [0.29, 0.717) is 0 Å². The molecule has 1 aromatic rings. The highest BCUT2D eigenvalue weighted by Crippen LogP contribution is 2.43. The SMILES string of the molecule is CC(=O)Cc1cccc([N+](=O)[O-])c1SC(F)(F)F. The summed E-state index contributed by atoms with van der Waals surface area (Å²) in [7, 11) is 0. The van der Waals surface area contributed by atoms with Gasteiger partial charge in [0.05, 0.1) is 9.82 Å². The lowest BCUT2D eigenvalue weighted by Crippen LogP contribution is -2.06. The van der Waals surface area contributed by atoms with Gasteiger partial charge in [0.15, 0.2) is 0 Å². The molecule has 0 aromatic heterocycles. The van der Waals surface area contributed by atoms with Gasteiger partial charge in [-0.1, -0.05) is 12.1 Å².